The predicted octanol–water partition coefficient (Wildman–Crippen LogP) is 0.972. The van der Waals surface area contributed by atoms with Gasteiger partial charge in [-0.2, -0.15) is 0 Å². The van der Waals surface area contributed by atoms with Crippen molar-refractivity contribution >= 4 is 24.2 Å². The summed E-state index contributed by atoms with van der Waals surface area (Å²) in [5, 5.41) is 18.4. The Morgan fingerprint density at radius 2 is 2.00 bits per heavy atom. The van der Waals surface area contributed by atoms with Crippen LogP contribution in [0, 0.1) is 0 Å². The second-order valence-electron chi connectivity index (χ2n) is 3.02. The Hall–Kier alpha value is -0.505. The smallest absolute Gasteiger partial charge is 0.423 e. The number of aryl methyl sites for hydroxylation is 1. The zero-order valence-electron chi connectivity index (χ0n) is 7.50. The van der Waals surface area contributed by atoms with Crippen molar-refractivity contribution in [2.75, 3.05) is 0 Å². The molecule has 0 saturated carbocycles. The molecule has 1 aromatic carbocycles. The topological polar surface area (TPSA) is 40.5 Å². The average Bonchev–Trinajstić information content (AvgIpc) is 2.03. The van der Waals surface area contributed by atoms with E-state index in [1.54, 1.807) is 12.1 Å². The summed E-state index contributed by atoms with van der Waals surface area (Å²) in [5.41, 5.74) is 1.49. The van der Waals surface area contributed by atoms with Gasteiger partial charge in [-0.25, -0.2) is 0 Å². The Balaban J connectivity index is 2.96. The van der Waals surface area contributed by atoms with Crippen molar-refractivity contribution in [1.29, 1.82) is 0 Å². The van der Waals surface area contributed by atoms with Crippen LogP contribution in [0.1, 0.15) is 18.9 Å². The molecule has 0 heterocycles. The van der Waals surface area contributed by atoms with E-state index in [2.05, 4.69) is 6.92 Å². The molecule has 0 aliphatic heterocycles. The van der Waals surface area contributed by atoms with Crippen molar-refractivity contribution in [1.82, 2.24) is 0 Å². The van der Waals surface area contributed by atoms with Gasteiger partial charge in [0, 0.05) is 5.02 Å². The average molecular weight is 198 g/mol. The number of halogens is 1. The third-order valence-electron chi connectivity index (χ3n) is 1.82. The maximum atomic E-state index is 8.94. The number of rotatable bonds is 3. The van der Waals surface area contributed by atoms with Gasteiger partial charge in [0.1, 0.15) is 0 Å². The van der Waals surface area contributed by atoms with E-state index in [-0.39, 0.29) is 0 Å². The van der Waals surface area contributed by atoms with Gasteiger partial charge in [0.2, 0.25) is 0 Å². The molecule has 0 fully saturated rings. The van der Waals surface area contributed by atoms with Gasteiger partial charge < -0.3 is 10.0 Å². The van der Waals surface area contributed by atoms with Gasteiger partial charge in [0.15, 0.2) is 0 Å². The minimum atomic E-state index is -1.44. The molecule has 70 valence electrons. The van der Waals surface area contributed by atoms with Crippen molar-refractivity contribution in [3.8, 4) is 0 Å². The molecule has 0 aliphatic rings. The summed E-state index contributed by atoms with van der Waals surface area (Å²) in [5.74, 6) is 0. The van der Waals surface area contributed by atoms with Crippen molar-refractivity contribution in [3.05, 3.63) is 28.8 Å². The lowest BCUT2D eigenvalue weighted by atomic mass is 9.79. The lowest BCUT2D eigenvalue weighted by molar-refractivity contribution is 0.425. The molecule has 13 heavy (non-hydrogen) atoms. The quantitative estimate of drug-likeness (QED) is 0.711. The summed E-state index contributed by atoms with van der Waals surface area (Å²) in [6.07, 6.45) is 1.92. The molecule has 0 amide bonds. The number of hydrogen-bond donors (Lipinski definition) is 2. The zero-order valence-corrected chi connectivity index (χ0v) is 8.25. The van der Waals surface area contributed by atoms with Crippen LogP contribution in [0.2, 0.25) is 5.02 Å². The second-order valence-corrected chi connectivity index (χ2v) is 3.45. The Bertz CT molecular complexity index is 289. The van der Waals surface area contributed by atoms with E-state index in [1.165, 1.54) is 0 Å². The lowest BCUT2D eigenvalue weighted by Crippen LogP contribution is -2.30. The van der Waals surface area contributed by atoms with Crippen LogP contribution >= 0.6 is 11.6 Å². The van der Waals surface area contributed by atoms with Gasteiger partial charge in [0.05, 0.1) is 0 Å². The summed E-state index contributed by atoms with van der Waals surface area (Å²) in [6.45, 7) is 2.07. The fourth-order valence-electron chi connectivity index (χ4n) is 1.26. The fourth-order valence-corrected chi connectivity index (χ4v) is 1.52. The summed E-state index contributed by atoms with van der Waals surface area (Å²) in [7, 11) is -1.44. The molecule has 2 N–H and O–H groups in total. The van der Waals surface area contributed by atoms with Crippen LogP contribution in [0.3, 0.4) is 0 Å². The minimum absolute atomic E-state index is 0.455. The third kappa shape index (κ3) is 3.03. The SMILES string of the molecule is CCCc1cc(Cl)cc(B(O)O)c1. The van der Waals surface area contributed by atoms with Crippen molar-refractivity contribution in [3.63, 3.8) is 0 Å². The molecule has 0 saturated heterocycles. The third-order valence-corrected chi connectivity index (χ3v) is 2.03. The highest BCUT2D eigenvalue weighted by Gasteiger charge is 2.11. The largest absolute Gasteiger partial charge is 0.488 e. The first-order valence-electron chi connectivity index (χ1n) is 4.29. The highest BCUT2D eigenvalue weighted by Crippen LogP contribution is 2.11. The lowest BCUT2D eigenvalue weighted by Gasteiger charge is -2.04. The monoisotopic (exact) mass is 198 g/mol. The maximum Gasteiger partial charge on any atom is 0.488 e. The highest BCUT2D eigenvalue weighted by molar-refractivity contribution is 6.59. The van der Waals surface area contributed by atoms with E-state index in [9.17, 15) is 0 Å². The normalized spacial score (nSPS) is 10.2. The van der Waals surface area contributed by atoms with Crippen molar-refractivity contribution in [2.24, 2.45) is 0 Å². The first-order valence-corrected chi connectivity index (χ1v) is 4.66. The maximum absolute atomic E-state index is 8.94. The van der Waals surface area contributed by atoms with Gasteiger partial charge in [-0.15, -0.1) is 0 Å². The molecule has 4 heteroatoms. The second kappa shape index (κ2) is 4.65. The zero-order chi connectivity index (χ0) is 9.84. The first kappa shape index (κ1) is 10.6. The van der Waals surface area contributed by atoms with Gasteiger partial charge >= 0.3 is 7.12 Å². The first-order chi connectivity index (χ1) is 6.13. The summed E-state index contributed by atoms with van der Waals surface area (Å²) < 4.78 is 0. The van der Waals surface area contributed by atoms with E-state index >= 15 is 0 Å². The molecule has 0 aromatic heterocycles. The van der Waals surface area contributed by atoms with Crippen LogP contribution in [0.25, 0.3) is 0 Å². The minimum Gasteiger partial charge on any atom is -0.423 e. The molecule has 1 rings (SSSR count). The van der Waals surface area contributed by atoms with E-state index in [4.69, 9.17) is 21.6 Å². The van der Waals surface area contributed by atoms with Crippen LogP contribution in [0.15, 0.2) is 18.2 Å². The standard InChI is InChI=1S/C9H12BClO2/c1-2-3-7-4-8(10(12)13)6-9(11)5-7/h4-6,12-13H,2-3H2,1H3. The number of benzene rings is 1. The van der Waals surface area contributed by atoms with Crippen LogP contribution in [0.4, 0.5) is 0 Å². The van der Waals surface area contributed by atoms with Crippen LogP contribution in [-0.2, 0) is 6.42 Å². The van der Waals surface area contributed by atoms with Gasteiger partial charge in [-0.3, -0.25) is 0 Å². The molecule has 0 bridgehead atoms. The van der Waals surface area contributed by atoms with Crippen LogP contribution < -0.4 is 5.46 Å². The fraction of sp³-hybridized carbons (Fsp3) is 0.333. The van der Waals surface area contributed by atoms with E-state index in [0.717, 1.165) is 18.4 Å². The Labute approximate surface area is 83.3 Å². The number of hydrogen-bond acceptors (Lipinski definition) is 2. The molecule has 0 spiro atoms. The summed E-state index contributed by atoms with van der Waals surface area (Å²) in [6, 6.07) is 5.17. The van der Waals surface area contributed by atoms with Crippen molar-refractivity contribution in [2.45, 2.75) is 19.8 Å². The summed E-state index contributed by atoms with van der Waals surface area (Å²) >= 11 is 5.81. The molecule has 0 aliphatic carbocycles. The van der Waals surface area contributed by atoms with Crippen LogP contribution in [-0.4, -0.2) is 17.2 Å². The van der Waals surface area contributed by atoms with E-state index in [0.29, 0.717) is 10.5 Å². The molecule has 0 unspecified atom stereocenters. The molecular formula is C9H12BClO2. The van der Waals surface area contributed by atoms with Crippen LogP contribution in [0.5, 0.6) is 0 Å². The highest BCUT2D eigenvalue weighted by atomic mass is 35.5. The molecular weight excluding hydrogens is 186 g/mol. The summed E-state index contributed by atoms with van der Waals surface area (Å²) in [4.78, 5) is 0. The molecule has 0 atom stereocenters. The van der Waals surface area contributed by atoms with E-state index < -0.39 is 7.12 Å². The molecule has 2 nitrogen and oxygen atoms in total. The predicted molar refractivity (Wildman–Crippen MR) is 55.3 cm³/mol. The van der Waals surface area contributed by atoms with Gasteiger partial charge in [0.25, 0.3) is 0 Å². The Kier molecular flexibility index (Phi) is 3.79. The van der Waals surface area contributed by atoms with Crippen molar-refractivity contribution < 1.29 is 10.0 Å². The van der Waals surface area contributed by atoms with Gasteiger partial charge in [-0.1, -0.05) is 31.0 Å². The molecule has 1 aromatic rings. The van der Waals surface area contributed by atoms with E-state index in [1.807, 2.05) is 6.07 Å². The Morgan fingerprint density at radius 1 is 1.31 bits per heavy atom. The van der Waals surface area contributed by atoms with Gasteiger partial charge in [-0.05, 0) is 29.6 Å². The molecule has 0 radical (unpaired) electrons. The Morgan fingerprint density at radius 3 is 2.54 bits per heavy atom.